The first-order chi connectivity index (χ1) is 9.61. The number of aromatic nitrogens is 1. The fourth-order valence-corrected chi connectivity index (χ4v) is 2.11. The van der Waals surface area contributed by atoms with Gasteiger partial charge in [0, 0.05) is 23.3 Å². The van der Waals surface area contributed by atoms with Crippen molar-refractivity contribution in [2.45, 2.75) is 6.61 Å². The van der Waals surface area contributed by atoms with Crippen LogP contribution < -0.4 is 10.9 Å². The molecular weight excluding hydrogens is 324 g/mol. The summed E-state index contributed by atoms with van der Waals surface area (Å²) in [6.45, 7) is 0.332. The predicted molar refractivity (Wildman–Crippen MR) is 79.9 cm³/mol. The van der Waals surface area contributed by atoms with E-state index in [1.165, 1.54) is 6.20 Å². The number of pyridine rings is 1. The topological polar surface area (TPSA) is 71.2 Å². The van der Waals surface area contributed by atoms with Crippen LogP contribution in [0.4, 0.5) is 5.69 Å². The van der Waals surface area contributed by atoms with E-state index >= 15 is 0 Å². The van der Waals surface area contributed by atoms with Gasteiger partial charge in [0.15, 0.2) is 0 Å². The highest BCUT2D eigenvalue weighted by Crippen LogP contribution is 2.14. The molecule has 2 aromatic rings. The summed E-state index contributed by atoms with van der Waals surface area (Å²) >= 11 is 3.24. The number of ether oxygens (including phenoxy) is 1. The molecule has 5 nitrogen and oxygen atoms in total. The van der Waals surface area contributed by atoms with E-state index in [2.05, 4.69) is 26.2 Å². The Kier molecular flexibility index (Phi) is 4.70. The number of nitrogens with one attached hydrogen (secondary N) is 2. The third-order valence-electron chi connectivity index (χ3n) is 2.68. The van der Waals surface area contributed by atoms with E-state index in [0.29, 0.717) is 16.6 Å². The molecule has 0 saturated heterocycles. The summed E-state index contributed by atoms with van der Waals surface area (Å²) < 4.78 is 5.73. The molecule has 20 heavy (non-hydrogen) atoms. The Morgan fingerprint density at radius 1 is 1.40 bits per heavy atom. The predicted octanol–water partition coefficient (Wildman–Crippen LogP) is 2.54. The van der Waals surface area contributed by atoms with E-state index in [0.717, 1.165) is 5.56 Å². The minimum absolute atomic E-state index is 0.191. The van der Waals surface area contributed by atoms with Crippen LogP contribution in [-0.4, -0.2) is 18.0 Å². The van der Waals surface area contributed by atoms with E-state index in [1.807, 2.05) is 12.1 Å². The minimum Gasteiger partial charge on any atom is -0.380 e. The fraction of sp³-hybridized carbons (Fsp3) is 0.143. The second kappa shape index (κ2) is 6.49. The van der Waals surface area contributed by atoms with E-state index in [9.17, 15) is 9.59 Å². The summed E-state index contributed by atoms with van der Waals surface area (Å²) in [4.78, 5) is 26.4. The molecule has 0 aliphatic rings. The number of hydrogen-bond acceptors (Lipinski definition) is 3. The largest absolute Gasteiger partial charge is 0.380 e. The molecule has 0 spiro atoms. The van der Waals surface area contributed by atoms with Crippen molar-refractivity contribution in [3.8, 4) is 0 Å². The lowest BCUT2D eigenvalue weighted by Gasteiger charge is -2.09. The number of carbonyl (C=O) groups is 1. The number of amides is 1. The lowest BCUT2D eigenvalue weighted by Crippen LogP contribution is -2.20. The van der Waals surface area contributed by atoms with Crippen LogP contribution in [0.25, 0.3) is 0 Å². The summed E-state index contributed by atoms with van der Waals surface area (Å²) in [7, 11) is 1.56. The summed E-state index contributed by atoms with van der Waals surface area (Å²) in [6.07, 6.45) is 1.51. The molecule has 104 valence electrons. The maximum absolute atomic E-state index is 12.2. The SMILES string of the molecule is COCc1ccccc1C(=O)Nc1cc(Br)c[nH]c1=O. The Balaban J connectivity index is 2.28. The van der Waals surface area contributed by atoms with Gasteiger partial charge in [-0.2, -0.15) is 0 Å². The van der Waals surface area contributed by atoms with Gasteiger partial charge >= 0.3 is 0 Å². The molecule has 1 heterocycles. The second-order valence-corrected chi connectivity index (χ2v) is 5.02. The van der Waals surface area contributed by atoms with Crippen molar-refractivity contribution in [3.05, 3.63) is 62.5 Å². The molecule has 1 aromatic heterocycles. The van der Waals surface area contributed by atoms with Gasteiger partial charge in [-0.05, 0) is 33.6 Å². The molecule has 2 N–H and O–H groups in total. The number of benzene rings is 1. The zero-order valence-corrected chi connectivity index (χ0v) is 12.4. The second-order valence-electron chi connectivity index (χ2n) is 4.10. The molecule has 0 aliphatic heterocycles. The van der Waals surface area contributed by atoms with Crippen molar-refractivity contribution in [2.24, 2.45) is 0 Å². The Morgan fingerprint density at radius 2 is 2.15 bits per heavy atom. The molecule has 6 heteroatoms. The first-order valence-corrected chi connectivity index (χ1v) is 6.67. The number of halogens is 1. The molecule has 1 aromatic carbocycles. The third kappa shape index (κ3) is 3.34. The van der Waals surface area contributed by atoms with Crippen LogP contribution in [0.2, 0.25) is 0 Å². The van der Waals surface area contributed by atoms with Crippen LogP contribution >= 0.6 is 15.9 Å². The maximum atomic E-state index is 12.2. The Hall–Kier alpha value is -1.92. The molecule has 1 amide bonds. The van der Waals surface area contributed by atoms with Gasteiger partial charge < -0.3 is 15.0 Å². The molecule has 0 atom stereocenters. The van der Waals surface area contributed by atoms with Crippen LogP contribution in [0.1, 0.15) is 15.9 Å². The van der Waals surface area contributed by atoms with Crippen molar-refractivity contribution in [1.29, 1.82) is 0 Å². The minimum atomic E-state index is -0.356. The summed E-state index contributed by atoms with van der Waals surface area (Å²) in [5, 5.41) is 2.60. The number of rotatable bonds is 4. The zero-order valence-electron chi connectivity index (χ0n) is 10.8. The number of H-pyrrole nitrogens is 1. The Morgan fingerprint density at radius 3 is 2.90 bits per heavy atom. The lowest BCUT2D eigenvalue weighted by molar-refractivity contribution is 0.102. The van der Waals surface area contributed by atoms with Crippen molar-refractivity contribution in [2.75, 3.05) is 12.4 Å². The van der Waals surface area contributed by atoms with Gasteiger partial charge in [0.05, 0.1) is 6.61 Å². The first-order valence-electron chi connectivity index (χ1n) is 5.88. The van der Waals surface area contributed by atoms with Crippen LogP contribution in [0.5, 0.6) is 0 Å². The molecule has 0 radical (unpaired) electrons. The molecule has 0 saturated carbocycles. The quantitative estimate of drug-likeness (QED) is 0.901. The molecule has 0 aliphatic carbocycles. The van der Waals surface area contributed by atoms with Gasteiger partial charge in [-0.1, -0.05) is 18.2 Å². The van der Waals surface area contributed by atoms with Gasteiger partial charge in [-0.3, -0.25) is 9.59 Å². The number of methoxy groups -OCH3 is 1. The highest BCUT2D eigenvalue weighted by molar-refractivity contribution is 9.10. The molecule has 0 fully saturated rings. The van der Waals surface area contributed by atoms with Gasteiger partial charge in [-0.15, -0.1) is 0 Å². The van der Waals surface area contributed by atoms with Crippen LogP contribution in [0.3, 0.4) is 0 Å². The van der Waals surface area contributed by atoms with Crippen molar-refractivity contribution in [3.63, 3.8) is 0 Å². The van der Waals surface area contributed by atoms with Crippen molar-refractivity contribution < 1.29 is 9.53 Å². The van der Waals surface area contributed by atoms with Crippen LogP contribution in [0, 0.1) is 0 Å². The highest BCUT2D eigenvalue weighted by atomic mass is 79.9. The van der Waals surface area contributed by atoms with Crippen molar-refractivity contribution in [1.82, 2.24) is 4.98 Å². The molecule has 2 rings (SSSR count). The van der Waals surface area contributed by atoms with Crippen LogP contribution in [0.15, 0.2) is 45.8 Å². The third-order valence-corrected chi connectivity index (χ3v) is 3.14. The lowest BCUT2D eigenvalue weighted by atomic mass is 10.1. The highest BCUT2D eigenvalue weighted by Gasteiger charge is 2.12. The first kappa shape index (κ1) is 14.5. The number of aromatic amines is 1. The average Bonchev–Trinajstić information content (AvgIpc) is 2.44. The van der Waals surface area contributed by atoms with E-state index in [4.69, 9.17) is 4.74 Å². The van der Waals surface area contributed by atoms with Gasteiger partial charge in [-0.25, -0.2) is 0 Å². The fourth-order valence-electron chi connectivity index (χ4n) is 1.76. The molecular formula is C14H13BrN2O3. The summed E-state index contributed by atoms with van der Waals surface area (Å²) in [5.41, 5.74) is 1.08. The molecule has 0 bridgehead atoms. The van der Waals surface area contributed by atoms with Crippen LogP contribution in [-0.2, 0) is 11.3 Å². The normalized spacial score (nSPS) is 10.3. The van der Waals surface area contributed by atoms with Gasteiger partial charge in [0.25, 0.3) is 11.5 Å². The Bertz CT molecular complexity index is 682. The monoisotopic (exact) mass is 336 g/mol. The number of carbonyl (C=O) groups excluding carboxylic acids is 1. The van der Waals surface area contributed by atoms with Gasteiger partial charge in [0.1, 0.15) is 5.69 Å². The maximum Gasteiger partial charge on any atom is 0.271 e. The standard InChI is InChI=1S/C14H13BrN2O3/c1-20-8-9-4-2-3-5-11(9)13(18)17-12-6-10(15)7-16-14(12)19/h2-7H,8H2,1H3,(H,16,19)(H,17,18). The summed E-state index contributed by atoms with van der Waals surface area (Å²) in [5.74, 6) is -0.346. The van der Waals surface area contributed by atoms with Gasteiger partial charge in [0.2, 0.25) is 0 Å². The van der Waals surface area contributed by atoms with Crippen molar-refractivity contribution >= 4 is 27.5 Å². The summed E-state index contributed by atoms with van der Waals surface area (Å²) in [6, 6.07) is 8.64. The average molecular weight is 337 g/mol. The van der Waals surface area contributed by atoms with E-state index < -0.39 is 0 Å². The zero-order chi connectivity index (χ0) is 14.5. The van der Waals surface area contributed by atoms with E-state index in [-0.39, 0.29) is 17.2 Å². The smallest absolute Gasteiger partial charge is 0.271 e. The molecule has 0 unspecified atom stereocenters. The Labute approximate surface area is 124 Å². The number of hydrogen-bond donors (Lipinski definition) is 2. The number of anilines is 1. The van der Waals surface area contributed by atoms with E-state index in [1.54, 1.807) is 25.3 Å².